The van der Waals surface area contributed by atoms with E-state index in [4.69, 9.17) is 9.72 Å². The van der Waals surface area contributed by atoms with Crippen LogP contribution in [0.5, 0.6) is 5.75 Å². The van der Waals surface area contributed by atoms with E-state index in [0.717, 1.165) is 43.0 Å². The number of anilines is 1. The summed E-state index contributed by atoms with van der Waals surface area (Å²) >= 11 is 0. The van der Waals surface area contributed by atoms with Crippen LogP contribution in [-0.2, 0) is 6.54 Å². The molecule has 1 fully saturated rings. The molecule has 6 heteroatoms. The summed E-state index contributed by atoms with van der Waals surface area (Å²) in [7, 11) is 0. The highest BCUT2D eigenvalue weighted by molar-refractivity contribution is 5.98. The van der Waals surface area contributed by atoms with Gasteiger partial charge >= 0.3 is 0 Å². The van der Waals surface area contributed by atoms with E-state index >= 15 is 0 Å². The highest BCUT2D eigenvalue weighted by Crippen LogP contribution is 2.27. The van der Waals surface area contributed by atoms with Gasteiger partial charge in [-0.05, 0) is 37.1 Å². The summed E-state index contributed by atoms with van der Waals surface area (Å²) < 4.78 is 19.6. The second kappa shape index (κ2) is 6.59. The van der Waals surface area contributed by atoms with Crippen molar-refractivity contribution >= 4 is 11.7 Å². The number of benzene rings is 1. The van der Waals surface area contributed by atoms with Gasteiger partial charge in [-0.2, -0.15) is 0 Å². The van der Waals surface area contributed by atoms with Crippen molar-refractivity contribution in [1.82, 2.24) is 10.3 Å². The predicted molar refractivity (Wildman–Crippen MR) is 97.1 cm³/mol. The molecule has 5 nitrogen and oxygen atoms in total. The molecule has 2 aromatic rings. The zero-order valence-corrected chi connectivity index (χ0v) is 15.0. The van der Waals surface area contributed by atoms with Crippen molar-refractivity contribution in [1.29, 1.82) is 0 Å². The van der Waals surface area contributed by atoms with Crippen molar-refractivity contribution in [2.75, 3.05) is 18.0 Å². The fourth-order valence-corrected chi connectivity index (χ4v) is 3.58. The third-order valence-corrected chi connectivity index (χ3v) is 5.11. The Labute approximate surface area is 152 Å². The number of halogens is 1. The third-order valence-electron chi connectivity index (χ3n) is 5.11. The number of rotatable bonds is 3. The van der Waals surface area contributed by atoms with Gasteiger partial charge in [0.25, 0.3) is 5.91 Å². The second-order valence-electron chi connectivity index (χ2n) is 7.02. The van der Waals surface area contributed by atoms with Crippen molar-refractivity contribution in [2.45, 2.75) is 39.3 Å². The minimum absolute atomic E-state index is 0.0420. The predicted octanol–water partition coefficient (Wildman–Crippen LogP) is 3.13. The summed E-state index contributed by atoms with van der Waals surface area (Å²) in [6, 6.07) is 6.95. The molecule has 4 rings (SSSR count). The lowest BCUT2D eigenvalue weighted by atomic mass is 10.1. The van der Waals surface area contributed by atoms with E-state index in [-0.39, 0.29) is 17.8 Å². The maximum atomic E-state index is 13.7. The first-order valence-electron chi connectivity index (χ1n) is 8.98. The number of hydrogen-bond acceptors (Lipinski definition) is 4. The summed E-state index contributed by atoms with van der Waals surface area (Å²) in [5.41, 5.74) is 3.15. The van der Waals surface area contributed by atoms with Crippen molar-refractivity contribution < 1.29 is 13.9 Å². The van der Waals surface area contributed by atoms with Crippen molar-refractivity contribution in [3.05, 3.63) is 52.5 Å². The molecule has 2 aliphatic rings. The smallest absolute Gasteiger partial charge is 0.253 e. The monoisotopic (exact) mass is 355 g/mol. The average Bonchev–Trinajstić information content (AvgIpc) is 2.98. The number of amides is 1. The zero-order chi connectivity index (χ0) is 18.3. The Morgan fingerprint density at radius 2 is 1.96 bits per heavy atom. The number of carbonyl (C=O) groups is 1. The number of pyridine rings is 1. The third kappa shape index (κ3) is 3.11. The minimum atomic E-state index is -0.235. The lowest BCUT2D eigenvalue weighted by Crippen LogP contribution is -2.39. The van der Waals surface area contributed by atoms with Gasteiger partial charge in [0.2, 0.25) is 0 Å². The van der Waals surface area contributed by atoms with E-state index in [1.54, 1.807) is 13.0 Å². The number of ether oxygens (including phenoxy) is 1. The number of aromatic nitrogens is 1. The topological polar surface area (TPSA) is 54.5 Å². The van der Waals surface area contributed by atoms with Crippen LogP contribution in [0.4, 0.5) is 10.2 Å². The molecule has 0 atom stereocenters. The van der Waals surface area contributed by atoms with Crippen molar-refractivity contribution in [3.8, 4) is 5.75 Å². The fourth-order valence-electron chi connectivity index (χ4n) is 3.58. The second-order valence-corrected chi connectivity index (χ2v) is 7.02. The van der Waals surface area contributed by atoms with Crippen LogP contribution in [0, 0.1) is 19.7 Å². The molecule has 0 bridgehead atoms. The number of carbonyl (C=O) groups excluding carboxylic acids is 1. The number of nitrogens with zero attached hydrogens (tertiary/aromatic N) is 2. The number of aryl methyl sites for hydroxylation is 2. The van der Waals surface area contributed by atoms with Gasteiger partial charge < -0.3 is 15.0 Å². The van der Waals surface area contributed by atoms with Crippen LogP contribution in [0.25, 0.3) is 0 Å². The highest BCUT2D eigenvalue weighted by Gasteiger charge is 2.26. The molecule has 0 radical (unpaired) electrons. The van der Waals surface area contributed by atoms with Crippen LogP contribution in [0.3, 0.4) is 0 Å². The molecule has 1 amide bonds. The molecule has 1 aromatic heterocycles. The van der Waals surface area contributed by atoms with Gasteiger partial charge in [-0.25, -0.2) is 9.37 Å². The number of hydrogen-bond donors (Lipinski definition) is 1. The lowest BCUT2D eigenvalue weighted by molar-refractivity contribution is 0.0965. The SMILES string of the molecule is Cc1ccc(OC2CCN(c3nc4c(cc3C)C(=O)NC4)CC2)cc1F. The summed E-state index contributed by atoms with van der Waals surface area (Å²) in [5, 5.41) is 2.81. The molecular formula is C20H22FN3O2. The van der Waals surface area contributed by atoms with E-state index in [2.05, 4.69) is 10.2 Å². The molecule has 2 aliphatic heterocycles. The maximum Gasteiger partial charge on any atom is 0.253 e. The largest absolute Gasteiger partial charge is 0.490 e. The summed E-state index contributed by atoms with van der Waals surface area (Å²) in [6.07, 6.45) is 1.78. The molecule has 0 aliphatic carbocycles. The molecule has 136 valence electrons. The van der Waals surface area contributed by atoms with E-state index in [1.165, 1.54) is 6.07 Å². The van der Waals surface area contributed by atoms with Crippen molar-refractivity contribution in [3.63, 3.8) is 0 Å². The zero-order valence-electron chi connectivity index (χ0n) is 15.0. The van der Waals surface area contributed by atoms with Crippen LogP contribution in [0.1, 0.15) is 40.0 Å². The van der Waals surface area contributed by atoms with E-state index in [1.807, 2.05) is 19.1 Å². The molecule has 0 unspecified atom stereocenters. The standard InChI is InChI=1S/C20H22FN3O2/c1-12-3-4-15(10-17(12)21)26-14-5-7-24(8-6-14)19-13(2)9-16-18(23-19)11-22-20(16)25/h3-4,9-10,14H,5-8,11H2,1-2H3,(H,22,25). The molecule has 26 heavy (non-hydrogen) atoms. The Bertz CT molecular complexity index is 860. The fraction of sp³-hybridized carbons (Fsp3) is 0.400. The Hall–Kier alpha value is -2.63. The molecule has 3 heterocycles. The van der Waals surface area contributed by atoms with E-state index in [9.17, 15) is 9.18 Å². The van der Waals surface area contributed by atoms with Gasteiger partial charge in [0.1, 0.15) is 23.5 Å². The highest BCUT2D eigenvalue weighted by atomic mass is 19.1. The first-order chi connectivity index (χ1) is 12.5. The van der Waals surface area contributed by atoms with Crippen LogP contribution >= 0.6 is 0 Å². The summed E-state index contributed by atoms with van der Waals surface area (Å²) in [6.45, 7) is 5.89. The Morgan fingerprint density at radius 1 is 1.19 bits per heavy atom. The first-order valence-corrected chi connectivity index (χ1v) is 8.98. The Kier molecular flexibility index (Phi) is 4.26. The number of fused-ring (bicyclic) bond motifs is 1. The van der Waals surface area contributed by atoms with Gasteiger partial charge in [-0.15, -0.1) is 0 Å². The van der Waals surface area contributed by atoms with Crippen LogP contribution < -0.4 is 15.0 Å². The minimum Gasteiger partial charge on any atom is -0.490 e. The normalized spacial score (nSPS) is 17.2. The Morgan fingerprint density at radius 3 is 2.69 bits per heavy atom. The molecule has 1 saturated heterocycles. The van der Waals surface area contributed by atoms with Crippen LogP contribution in [-0.4, -0.2) is 30.1 Å². The molecule has 1 aromatic carbocycles. The average molecular weight is 355 g/mol. The molecular weight excluding hydrogens is 333 g/mol. The Balaban J connectivity index is 1.42. The van der Waals surface area contributed by atoms with Gasteiger partial charge in [-0.1, -0.05) is 6.07 Å². The molecule has 0 saturated carbocycles. The van der Waals surface area contributed by atoms with Gasteiger partial charge in [0, 0.05) is 32.0 Å². The summed E-state index contributed by atoms with van der Waals surface area (Å²) in [5.74, 6) is 1.25. The van der Waals surface area contributed by atoms with E-state index in [0.29, 0.717) is 23.4 Å². The first kappa shape index (κ1) is 16.8. The van der Waals surface area contributed by atoms with Gasteiger partial charge in [0.15, 0.2) is 0 Å². The summed E-state index contributed by atoms with van der Waals surface area (Å²) in [4.78, 5) is 18.7. The number of piperidine rings is 1. The van der Waals surface area contributed by atoms with Crippen LogP contribution in [0.15, 0.2) is 24.3 Å². The van der Waals surface area contributed by atoms with E-state index < -0.39 is 0 Å². The van der Waals surface area contributed by atoms with Gasteiger partial charge in [-0.3, -0.25) is 4.79 Å². The molecule has 0 spiro atoms. The quantitative estimate of drug-likeness (QED) is 0.919. The lowest BCUT2D eigenvalue weighted by Gasteiger charge is -2.34. The molecule has 1 N–H and O–H groups in total. The van der Waals surface area contributed by atoms with Crippen LogP contribution in [0.2, 0.25) is 0 Å². The van der Waals surface area contributed by atoms with Gasteiger partial charge in [0.05, 0.1) is 17.8 Å². The maximum absolute atomic E-state index is 13.7. The van der Waals surface area contributed by atoms with Crippen molar-refractivity contribution in [2.24, 2.45) is 0 Å². The number of nitrogens with one attached hydrogen (secondary N) is 1.